The minimum absolute atomic E-state index is 0.0551. The van der Waals surface area contributed by atoms with E-state index >= 15 is 0 Å². The fraction of sp³-hybridized carbons (Fsp3) is 0.300. The Balaban J connectivity index is 2.52. The number of rotatable bonds is 2. The zero-order valence-electron chi connectivity index (χ0n) is 7.58. The Bertz CT molecular complexity index is 407. The number of methoxy groups -OCH3 is 1. The maximum Gasteiger partial charge on any atom is 0.150 e. The number of halogens is 1. The molecule has 0 aliphatic carbocycles. The van der Waals surface area contributed by atoms with Crippen LogP contribution in [0.25, 0.3) is 0 Å². The third-order valence-corrected chi connectivity index (χ3v) is 2.15. The van der Waals surface area contributed by atoms with Crippen LogP contribution < -0.4 is 4.74 Å². The smallest absolute Gasteiger partial charge is 0.150 e. The number of hydrogen-bond acceptors (Lipinski definition) is 3. The molecule has 0 spiro atoms. The van der Waals surface area contributed by atoms with E-state index in [9.17, 15) is 4.39 Å². The maximum absolute atomic E-state index is 13.6. The highest BCUT2D eigenvalue weighted by molar-refractivity contribution is 5.47. The van der Waals surface area contributed by atoms with Crippen molar-refractivity contribution in [1.29, 1.82) is 5.26 Å². The quantitative estimate of drug-likeness (QED) is 0.672. The molecular weight excluding hydrogens is 185 g/mol. The molecule has 2 rings (SSSR count). The molecule has 1 saturated heterocycles. The molecule has 0 saturated carbocycles. The molecule has 1 aromatic carbocycles. The van der Waals surface area contributed by atoms with Gasteiger partial charge in [0.25, 0.3) is 0 Å². The SMILES string of the molecule is COc1ccc([C@H]2CO2)c(F)c1C#N. The second-order valence-electron chi connectivity index (χ2n) is 2.98. The largest absolute Gasteiger partial charge is 0.495 e. The van der Waals surface area contributed by atoms with Gasteiger partial charge in [-0.1, -0.05) is 0 Å². The predicted octanol–water partition coefficient (Wildman–Crippen LogP) is 1.78. The molecule has 0 amide bonds. The molecule has 14 heavy (non-hydrogen) atoms. The highest BCUT2D eigenvalue weighted by Crippen LogP contribution is 2.35. The van der Waals surface area contributed by atoms with E-state index in [1.807, 2.05) is 0 Å². The topological polar surface area (TPSA) is 45.5 Å². The molecule has 4 heteroatoms. The fourth-order valence-electron chi connectivity index (χ4n) is 1.33. The predicted molar refractivity (Wildman–Crippen MR) is 46.4 cm³/mol. The van der Waals surface area contributed by atoms with E-state index in [0.717, 1.165) is 0 Å². The van der Waals surface area contributed by atoms with Crippen LogP contribution >= 0.6 is 0 Å². The molecule has 3 nitrogen and oxygen atoms in total. The highest BCUT2D eigenvalue weighted by Gasteiger charge is 2.29. The molecular formula is C10H8FNO2. The van der Waals surface area contributed by atoms with Gasteiger partial charge < -0.3 is 9.47 Å². The molecule has 1 aliphatic heterocycles. The van der Waals surface area contributed by atoms with Gasteiger partial charge in [0.05, 0.1) is 13.7 Å². The Hall–Kier alpha value is -1.60. The Labute approximate surface area is 80.7 Å². The Kier molecular flexibility index (Phi) is 2.10. The fourth-order valence-corrected chi connectivity index (χ4v) is 1.33. The Morgan fingerprint density at radius 3 is 2.86 bits per heavy atom. The van der Waals surface area contributed by atoms with Crippen LogP contribution in [0.4, 0.5) is 4.39 Å². The summed E-state index contributed by atoms with van der Waals surface area (Å²) in [6, 6.07) is 4.95. The van der Waals surface area contributed by atoms with Gasteiger partial charge in [-0.15, -0.1) is 0 Å². The van der Waals surface area contributed by atoms with E-state index in [-0.39, 0.29) is 17.4 Å². The van der Waals surface area contributed by atoms with Crippen LogP contribution in [0, 0.1) is 17.1 Å². The van der Waals surface area contributed by atoms with Gasteiger partial charge >= 0.3 is 0 Å². The lowest BCUT2D eigenvalue weighted by molar-refractivity contribution is 0.398. The van der Waals surface area contributed by atoms with Crippen LogP contribution in [0.15, 0.2) is 12.1 Å². The number of ether oxygens (including phenoxy) is 2. The summed E-state index contributed by atoms with van der Waals surface area (Å²) in [5.74, 6) is -0.274. The van der Waals surface area contributed by atoms with E-state index in [2.05, 4.69) is 0 Å². The van der Waals surface area contributed by atoms with E-state index in [1.54, 1.807) is 18.2 Å². The number of benzene rings is 1. The third kappa shape index (κ3) is 1.32. The number of epoxide rings is 1. The number of hydrogen-bond donors (Lipinski definition) is 0. The van der Waals surface area contributed by atoms with Gasteiger partial charge in [-0.05, 0) is 12.1 Å². The Morgan fingerprint density at radius 2 is 2.36 bits per heavy atom. The van der Waals surface area contributed by atoms with Gasteiger partial charge in [-0.2, -0.15) is 5.26 Å². The van der Waals surface area contributed by atoms with Gasteiger partial charge in [-0.25, -0.2) is 4.39 Å². The zero-order chi connectivity index (χ0) is 10.1. The van der Waals surface area contributed by atoms with Crippen LogP contribution in [-0.4, -0.2) is 13.7 Å². The molecule has 0 radical (unpaired) electrons. The van der Waals surface area contributed by atoms with Crippen molar-refractivity contribution in [2.24, 2.45) is 0 Å². The second kappa shape index (κ2) is 3.28. The van der Waals surface area contributed by atoms with E-state index in [4.69, 9.17) is 14.7 Å². The van der Waals surface area contributed by atoms with Crippen molar-refractivity contribution >= 4 is 0 Å². The lowest BCUT2D eigenvalue weighted by Gasteiger charge is -2.05. The van der Waals surface area contributed by atoms with E-state index in [0.29, 0.717) is 12.2 Å². The van der Waals surface area contributed by atoms with Crippen LogP contribution in [0.5, 0.6) is 5.75 Å². The summed E-state index contributed by atoms with van der Waals surface area (Å²) in [6.45, 7) is 0.522. The summed E-state index contributed by atoms with van der Waals surface area (Å²) >= 11 is 0. The maximum atomic E-state index is 13.6. The highest BCUT2D eigenvalue weighted by atomic mass is 19.1. The van der Waals surface area contributed by atoms with E-state index < -0.39 is 5.82 Å². The lowest BCUT2D eigenvalue weighted by atomic mass is 10.1. The van der Waals surface area contributed by atoms with Crippen molar-refractivity contribution in [3.63, 3.8) is 0 Å². The van der Waals surface area contributed by atoms with Crippen LogP contribution in [0.3, 0.4) is 0 Å². The number of nitriles is 1. The summed E-state index contributed by atoms with van der Waals surface area (Å²) < 4.78 is 23.5. The van der Waals surface area contributed by atoms with Crippen LogP contribution in [-0.2, 0) is 4.74 Å². The van der Waals surface area contributed by atoms with Crippen LogP contribution in [0.2, 0.25) is 0 Å². The van der Waals surface area contributed by atoms with Crippen molar-refractivity contribution in [3.8, 4) is 11.8 Å². The average molecular weight is 193 g/mol. The first-order valence-electron chi connectivity index (χ1n) is 4.16. The first kappa shape index (κ1) is 8.97. The van der Waals surface area contributed by atoms with Crippen molar-refractivity contribution in [3.05, 3.63) is 29.1 Å². The zero-order valence-corrected chi connectivity index (χ0v) is 7.58. The van der Waals surface area contributed by atoms with Crippen molar-refractivity contribution < 1.29 is 13.9 Å². The van der Waals surface area contributed by atoms with Gasteiger partial charge in [-0.3, -0.25) is 0 Å². The summed E-state index contributed by atoms with van der Waals surface area (Å²) in [7, 11) is 1.41. The summed E-state index contributed by atoms with van der Waals surface area (Å²) in [5, 5.41) is 8.75. The molecule has 1 atom stereocenters. The summed E-state index contributed by atoms with van der Waals surface area (Å²) in [6.07, 6.45) is -0.187. The molecule has 0 unspecified atom stereocenters. The minimum atomic E-state index is -0.533. The molecule has 1 aromatic rings. The molecule has 72 valence electrons. The second-order valence-corrected chi connectivity index (χ2v) is 2.98. The summed E-state index contributed by atoms with van der Waals surface area (Å²) in [4.78, 5) is 0. The van der Waals surface area contributed by atoms with Crippen molar-refractivity contribution in [2.75, 3.05) is 13.7 Å². The standard InChI is InChI=1S/C10H8FNO2/c1-13-8-3-2-6(9-5-14-9)10(11)7(8)4-12/h2-3,9H,5H2,1H3/t9-/m1/s1. The van der Waals surface area contributed by atoms with Crippen molar-refractivity contribution in [1.82, 2.24) is 0 Å². The first-order chi connectivity index (χ1) is 6.77. The molecule has 1 fully saturated rings. The first-order valence-corrected chi connectivity index (χ1v) is 4.16. The molecule has 0 N–H and O–H groups in total. The van der Waals surface area contributed by atoms with E-state index in [1.165, 1.54) is 7.11 Å². The lowest BCUT2D eigenvalue weighted by Crippen LogP contribution is -1.96. The average Bonchev–Trinajstić information content (AvgIpc) is 3.00. The molecule has 0 bridgehead atoms. The summed E-state index contributed by atoms with van der Waals surface area (Å²) in [5.41, 5.74) is 0.378. The minimum Gasteiger partial charge on any atom is -0.495 e. The molecule has 1 heterocycles. The number of nitrogens with zero attached hydrogens (tertiary/aromatic N) is 1. The Morgan fingerprint density at radius 1 is 1.64 bits per heavy atom. The van der Waals surface area contributed by atoms with Gasteiger partial charge in [0, 0.05) is 5.56 Å². The normalized spacial score (nSPS) is 18.8. The van der Waals surface area contributed by atoms with Gasteiger partial charge in [0.15, 0.2) is 5.82 Å². The van der Waals surface area contributed by atoms with Crippen LogP contribution in [0.1, 0.15) is 17.2 Å². The monoisotopic (exact) mass is 193 g/mol. The molecule has 0 aromatic heterocycles. The molecule has 1 aliphatic rings. The van der Waals surface area contributed by atoms with Crippen molar-refractivity contribution in [2.45, 2.75) is 6.10 Å². The third-order valence-electron chi connectivity index (χ3n) is 2.15. The van der Waals surface area contributed by atoms with Gasteiger partial charge in [0.1, 0.15) is 23.5 Å². The van der Waals surface area contributed by atoms with Gasteiger partial charge in [0.2, 0.25) is 0 Å².